The van der Waals surface area contributed by atoms with Gasteiger partial charge in [-0.25, -0.2) is 0 Å². The Morgan fingerprint density at radius 1 is 1.21 bits per heavy atom. The molecule has 0 bridgehead atoms. The summed E-state index contributed by atoms with van der Waals surface area (Å²) in [5.74, 6) is -1.81. The van der Waals surface area contributed by atoms with E-state index in [9.17, 15) is 15.3 Å². The molecule has 82 valence electrons. The van der Waals surface area contributed by atoms with E-state index in [1.54, 1.807) is 0 Å². The van der Waals surface area contributed by atoms with E-state index < -0.39 is 24.1 Å². The molecule has 0 radical (unpaired) electrons. The van der Waals surface area contributed by atoms with Gasteiger partial charge < -0.3 is 29.9 Å². The lowest BCUT2D eigenvalue weighted by molar-refractivity contribution is -0.324. The van der Waals surface area contributed by atoms with Crippen LogP contribution in [-0.4, -0.2) is 63.8 Å². The second-order valence-electron chi connectivity index (χ2n) is 3.82. The van der Waals surface area contributed by atoms with Gasteiger partial charge in [0.25, 0.3) is 0 Å². The van der Waals surface area contributed by atoms with E-state index >= 15 is 0 Å². The number of rotatable bonds is 2. The third kappa shape index (κ3) is 1.77. The molecule has 6 heteroatoms. The largest absolute Gasteiger partial charge is 0.388 e. The second kappa shape index (κ2) is 3.41. The summed E-state index contributed by atoms with van der Waals surface area (Å²) >= 11 is 0. The summed E-state index contributed by atoms with van der Waals surface area (Å²) in [5, 5.41) is 37.8. The molecule has 0 saturated carbocycles. The van der Waals surface area contributed by atoms with Gasteiger partial charge in [0.2, 0.25) is 0 Å². The fourth-order valence-corrected chi connectivity index (χ4v) is 1.58. The molecule has 14 heavy (non-hydrogen) atoms. The number of hydrogen-bond acceptors (Lipinski definition) is 6. The number of aliphatic hydroxyl groups is 4. The first-order valence-electron chi connectivity index (χ1n) is 4.55. The first-order chi connectivity index (χ1) is 6.53. The minimum atomic E-state index is -1.81. The Morgan fingerprint density at radius 2 is 1.86 bits per heavy atom. The monoisotopic (exact) mass is 206 g/mol. The lowest BCUT2D eigenvalue weighted by Crippen LogP contribution is -2.61. The van der Waals surface area contributed by atoms with Crippen molar-refractivity contribution in [1.82, 2.24) is 0 Å². The first kappa shape index (κ1) is 10.3. The quantitative estimate of drug-likeness (QED) is 0.375. The van der Waals surface area contributed by atoms with Crippen LogP contribution in [0.15, 0.2) is 0 Å². The minimum Gasteiger partial charge on any atom is -0.388 e. The Bertz CT molecular complexity index is 218. The third-order valence-corrected chi connectivity index (χ3v) is 2.61. The highest BCUT2D eigenvalue weighted by atomic mass is 16.7. The molecule has 2 unspecified atom stereocenters. The van der Waals surface area contributed by atoms with Crippen LogP contribution in [-0.2, 0) is 9.47 Å². The number of epoxide rings is 1. The molecule has 6 nitrogen and oxygen atoms in total. The van der Waals surface area contributed by atoms with Gasteiger partial charge in [-0.1, -0.05) is 0 Å². The summed E-state index contributed by atoms with van der Waals surface area (Å²) in [6.45, 7) is 0.332. The van der Waals surface area contributed by atoms with Gasteiger partial charge in [0.05, 0.1) is 19.3 Å². The van der Waals surface area contributed by atoms with Crippen molar-refractivity contribution in [2.24, 2.45) is 0 Å². The van der Waals surface area contributed by atoms with E-state index in [2.05, 4.69) is 0 Å². The molecule has 4 N–H and O–H groups in total. The van der Waals surface area contributed by atoms with Crippen molar-refractivity contribution in [2.45, 2.75) is 36.6 Å². The summed E-state index contributed by atoms with van der Waals surface area (Å²) in [6.07, 6.45) is -4.07. The highest BCUT2D eigenvalue weighted by Gasteiger charge is 2.51. The van der Waals surface area contributed by atoms with Crippen LogP contribution < -0.4 is 0 Å². The van der Waals surface area contributed by atoms with Crippen LogP contribution in [0.2, 0.25) is 0 Å². The SMILES string of the molecule is O[C@H]1[C@H](O)COC(O)(CC2CO2)[C@@H]1O. The zero-order chi connectivity index (χ0) is 10.3. The van der Waals surface area contributed by atoms with Crippen LogP contribution in [0.3, 0.4) is 0 Å². The molecule has 2 fully saturated rings. The molecule has 2 rings (SSSR count). The second-order valence-corrected chi connectivity index (χ2v) is 3.82. The Morgan fingerprint density at radius 3 is 2.43 bits per heavy atom. The summed E-state index contributed by atoms with van der Waals surface area (Å²) in [5.41, 5.74) is 0. The Labute approximate surface area is 80.7 Å². The van der Waals surface area contributed by atoms with E-state index in [1.165, 1.54) is 0 Å². The molecule has 0 aliphatic carbocycles. The summed E-state index contributed by atoms with van der Waals surface area (Å²) in [7, 11) is 0. The lowest BCUT2D eigenvalue weighted by atomic mass is 9.93. The normalized spacial score (nSPS) is 53.1. The molecule has 0 aromatic rings. The van der Waals surface area contributed by atoms with E-state index in [4.69, 9.17) is 14.6 Å². The maximum Gasteiger partial charge on any atom is 0.197 e. The Hall–Kier alpha value is -0.240. The highest BCUT2D eigenvalue weighted by Crippen LogP contribution is 2.31. The predicted molar refractivity (Wildman–Crippen MR) is 43.3 cm³/mol. The first-order valence-corrected chi connectivity index (χ1v) is 4.55. The van der Waals surface area contributed by atoms with Crippen LogP contribution in [0.4, 0.5) is 0 Å². The van der Waals surface area contributed by atoms with E-state index in [1.807, 2.05) is 0 Å². The van der Waals surface area contributed by atoms with Crippen molar-refractivity contribution in [3.63, 3.8) is 0 Å². The molecule has 2 heterocycles. The van der Waals surface area contributed by atoms with Gasteiger partial charge in [0.15, 0.2) is 5.79 Å². The van der Waals surface area contributed by atoms with Gasteiger partial charge in [-0.3, -0.25) is 0 Å². The standard InChI is InChI=1S/C8H14O6/c9-5-3-14-8(12,1-4-2-13-4)7(11)6(5)10/h4-7,9-12H,1-3H2/t4?,5-,6+,7-,8?/m1/s1. The summed E-state index contributed by atoms with van der Waals surface area (Å²) in [4.78, 5) is 0. The third-order valence-electron chi connectivity index (χ3n) is 2.61. The number of hydrogen-bond donors (Lipinski definition) is 4. The molecule has 0 aromatic heterocycles. The smallest absolute Gasteiger partial charge is 0.197 e. The van der Waals surface area contributed by atoms with Crippen LogP contribution >= 0.6 is 0 Å². The molecule has 2 aliphatic rings. The minimum absolute atomic E-state index is 0.109. The zero-order valence-corrected chi connectivity index (χ0v) is 7.54. The van der Waals surface area contributed by atoms with Crippen molar-refractivity contribution in [3.8, 4) is 0 Å². The summed E-state index contributed by atoms with van der Waals surface area (Å²) < 4.78 is 9.82. The number of aliphatic hydroxyl groups excluding tert-OH is 3. The average molecular weight is 206 g/mol. The van der Waals surface area contributed by atoms with Gasteiger partial charge in [-0.15, -0.1) is 0 Å². The lowest BCUT2D eigenvalue weighted by Gasteiger charge is -2.41. The van der Waals surface area contributed by atoms with Gasteiger partial charge >= 0.3 is 0 Å². The van der Waals surface area contributed by atoms with Crippen molar-refractivity contribution < 1.29 is 29.9 Å². The predicted octanol–water partition coefficient (Wildman–Crippen LogP) is -2.42. The van der Waals surface area contributed by atoms with E-state index in [-0.39, 0.29) is 19.1 Å². The van der Waals surface area contributed by atoms with Crippen LogP contribution in [0.1, 0.15) is 6.42 Å². The van der Waals surface area contributed by atoms with Crippen molar-refractivity contribution >= 4 is 0 Å². The van der Waals surface area contributed by atoms with E-state index in [0.29, 0.717) is 6.61 Å². The van der Waals surface area contributed by atoms with Gasteiger partial charge in [-0.05, 0) is 0 Å². The van der Waals surface area contributed by atoms with Gasteiger partial charge in [-0.2, -0.15) is 0 Å². The molecule has 2 aliphatic heterocycles. The maximum atomic E-state index is 9.82. The molecule has 2 saturated heterocycles. The van der Waals surface area contributed by atoms with Crippen LogP contribution in [0.5, 0.6) is 0 Å². The van der Waals surface area contributed by atoms with Gasteiger partial charge in [0, 0.05) is 6.42 Å². The maximum absolute atomic E-state index is 9.82. The van der Waals surface area contributed by atoms with Crippen molar-refractivity contribution in [1.29, 1.82) is 0 Å². The Balaban J connectivity index is 2.02. The molecule has 5 atom stereocenters. The zero-order valence-electron chi connectivity index (χ0n) is 7.54. The molecular formula is C8H14O6. The average Bonchev–Trinajstić information content (AvgIpc) is 2.93. The number of ether oxygens (including phenoxy) is 2. The Kier molecular flexibility index (Phi) is 2.50. The molecule has 0 amide bonds. The van der Waals surface area contributed by atoms with Gasteiger partial charge in [0.1, 0.15) is 18.3 Å². The van der Waals surface area contributed by atoms with Crippen molar-refractivity contribution in [3.05, 3.63) is 0 Å². The van der Waals surface area contributed by atoms with Crippen LogP contribution in [0.25, 0.3) is 0 Å². The van der Waals surface area contributed by atoms with E-state index in [0.717, 1.165) is 0 Å². The van der Waals surface area contributed by atoms with Crippen LogP contribution in [0, 0.1) is 0 Å². The fraction of sp³-hybridized carbons (Fsp3) is 1.00. The summed E-state index contributed by atoms with van der Waals surface area (Å²) in [6, 6.07) is 0. The fourth-order valence-electron chi connectivity index (χ4n) is 1.58. The molecule has 0 aromatic carbocycles. The highest BCUT2D eigenvalue weighted by molar-refractivity contribution is 4.94. The molecular weight excluding hydrogens is 192 g/mol. The van der Waals surface area contributed by atoms with Crippen molar-refractivity contribution in [2.75, 3.05) is 13.2 Å². The molecule has 0 spiro atoms. The topological polar surface area (TPSA) is 103 Å².